The standard InChI is InChI=1S/C11H10F4N2O/c12-7-9(8(13)11(15)16-10(7)14)17-3-1-6(5-18)2-4-17/h5-6H,1-4H2. The molecule has 0 atom stereocenters. The maximum Gasteiger partial charge on any atom is 0.253 e. The molecule has 0 bridgehead atoms. The van der Waals surface area contributed by atoms with E-state index in [1.165, 1.54) is 4.90 Å². The molecule has 3 nitrogen and oxygen atoms in total. The molecule has 1 aliphatic rings. The Morgan fingerprint density at radius 1 is 1.06 bits per heavy atom. The molecule has 0 spiro atoms. The predicted molar refractivity (Wildman–Crippen MR) is 55.1 cm³/mol. The fourth-order valence-electron chi connectivity index (χ4n) is 2.01. The van der Waals surface area contributed by atoms with Crippen LogP contribution in [0.4, 0.5) is 23.2 Å². The molecule has 0 radical (unpaired) electrons. The Hall–Kier alpha value is -1.66. The minimum absolute atomic E-state index is 0.167. The first kappa shape index (κ1) is 12.8. The Bertz CT molecular complexity index is 446. The molecular weight excluding hydrogens is 252 g/mol. The van der Waals surface area contributed by atoms with Gasteiger partial charge in [-0.3, -0.25) is 0 Å². The Morgan fingerprint density at radius 3 is 2.00 bits per heavy atom. The van der Waals surface area contributed by atoms with Crippen molar-refractivity contribution < 1.29 is 22.4 Å². The molecular formula is C11H10F4N2O. The van der Waals surface area contributed by atoms with Gasteiger partial charge in [0.15, 0.2) is 0 Å². The fraction of sp³-hybridized carbons (Fsp3) is 0.455. The van der Waals surface area contributed by atoms with Crippen molar-refractivity contribution in [3.63, 3.8) is 0 Å². The number of carbonyl (C=O) groups is 1. The van der Waals surface area contributed by atoms with Crippen molar-refractivity contribution in [3.05, 3.63) is 23.5 Å². The Labute approximate surface area is 100 Å². The number of halogens is 4. The van der Waals surface area contributed by atoms with Crippen molar-refractivity contribution in [3.8, 4) is 0 Å². The number of hydrogen-bond acceptors (Lipinski definition) is 3. The van der Waals surface area contributed by atoms with Crippen LogP contribution in [0.1, 0.15) is 12.8 Å². The van der Waals surface area contributed by atoms with Crippen LogP contribution in [0.25, 0.3) is 0 Å². The van der Waals surface area contributed by atoms with Gasteiger partial charge < -0.3 is 9.69 Å². The van der Waals surface area contributed by atoms with Crippen LogP contribution in [0.2, 0.25) is 0 Å². The summed E-state index contributed by atoms with van der Waals surface area (Å²) >= 11 is 0. The monoisotopic (exact) mass is 262 g/mol. The average molecular weight is 262 g/mol. The highest BCUT2D eigenvalue weighted by molar-refractivity contribution is 5.55. The summed E-state index contributed by atoms with van der Waals surface area (Å²) in [5.74, 6) is -6.51. The highest BCUT2D eigenvalue weighted by Crippen LogP contribution is 2.29. The zero-order valence-corrected chi connectivity index (χ0v) is 9.30. The van der Waals surface area contributed by atoms with Crippen molar-refractivity contribution in [2.45, 2.75) is 12.8 Å². The van der Waals surface area contributed by atoms with E-state index >= 15 is 0 Å². The number of nitrogens with zero attached hydrogens (tertiary/aromatic N) is 2. The Morgan fingerprint density at radius 2 is 1.56 bits per heavy atom. The van der Waals surface area contributed by atoms with E-state index in [4.69, 9.17) is 0 Å². The number of carbonyl (C=O) groups excluding carboxylic acids is 1. The summed E-state index contributed by atoms with van der Waals surface area (Å²) in [5.41, 5.74) is -0.746. The van der Waals surface area contributed by atoms with Crippen molar-refractivity contribution in [1.82, 2.24) is 4.98 Å². The quantitative estimate of drug-likeness (QED) is 0.464. The average Bonchev–Trinajstić information content (AvgIpc) is 2.37. The Kier molecular flexibility index (Phi) is 3.49. The normalized spacial score (nSPS) is 17.0. The van der Waals surface area contributed by atoms with Gasteiger partial charge in [0.1, 0.15) is 12.0 Å². The zero-order valence-electron chi connectivity index (χ0n) is 9.30. The lowest BCUT2D eigenvalue weighted by Gasteiger charge is -2.31. The van der Waals surface area contributed by atoms with E-state index in [1.54, 1.807) is 0 Å². The lowest BCUT2D eigenvalue weighted by atomic mass is 9.98. The number of rotatable bonds is 2. The molecule has 2 heterocycles. The Balaban J connectivity index is 2.31. The van der Waals surface area contributed by atoms with Gasteiger partial charge in [-0.1, -0.05) is 0 Å². The van der Waals surface area contributed by atoms with E-state index in [-0.39, 0.29) is 19.0 Å². The largest absolute Gasteiger partial charge is 0.366 e. The molecule has 1 fully saturated rings. The van der Waals surface area contributed by atoms with Crippen LogP contribution in [0, 0.1) is 29.4 Å². The molecule has 1 aromatic heterocycles. The van der Waals surface area contributed by atoms with Crippen molar-refractivity contribution in [2.24, 2.45) is 5.92 Å². The topological polar surface area (TPSA) is 33.2 Å². The highest BCUT2D eigenvalue weighted by atomic mass is 19.2. The van der Waals surface area contributed by atoms with Gasteiger partial charge in [-0.2, -0.15) is 22.5 Å². The maximum atomic E-state index is 13.5. The second-order valence-corrected chi connectivity index (χ2v) is 4.13. The van der Waals surface area contributed by atoms with Crippen LogP contribution in [-0.2, 0) is 4.79 Å². The second kappa shape index (κ2) is 4.91. The van der Waals surface area contributed by atoms with Crippen LogP contribution in [0.15, 0.2) is 0 Å². The van der Waals surface area contributed by atoms with Gasteiger partial charge in [0.05, 0.1) is 0 Å². The van der Waals surface area contributed by atoms with Crippen LogP contribution in [-0.4, -0.2) is 24.4 Å². The first-order valence-electron chi connectivity index (χ1n) is 5.44. The van der Waals surface area contributed by atoms with Gasteiger partial charge >= 0.3 is 0 Å². The fourth-order valence-corrected chi connectivity index (χ4v) is 2.01. The van der Waals surface area contributed by atoms with Crippen LogP contribution < -0.4 is 4.90 Å². The van der Waals surface area contributed by atoms with Gasteiger partial charge in [-0.15, -0.1) is 0 Å². The maximum absolute atomic E-state index is 13.5. The van der Waals surface area contributed by atoms with Gasteiger partial charge in [0.25, 0.3) is 11.9 Å². The number of aldehydes is 1. The van der Waals surface area contributed by atoms with E-state index in [2.05, 4.69) is 4.98 Å². The van der Waals surface area contributed by atoms with Crippen LogP contribution >= 0.6 is 0 Å². The van der Waals surface area contributed by atoms with E-state index in [0.717, 1.165) is 6.29 Å². The van der Waals surface area contributed by atoms with E-state index in [9.17, 15) is 22.4 Å². The number of piperidine rings is 1. The highest BCUT2D eigenvalue weighted by Gasteiger charge is 2.28. The number of pyridine rings is 1. The lowest BCUT2D eigenvalue weighted by molar-refractivity contribution is -0.111. The number of aromatic nitrogens is 1. The lowest BCUT2D eigenvalue weighted by Crippen LogP contribution is -2.35. The summed E-state index contributed by atoms with van der Waals surface area (Å²) in [6.45, 7) is 0.334. The zero-order chi connectivity index (χ0) is 13.3. The summed E-state index contributed by atoms with van der Waals surface area (Å²) < 4.78 is 52.8. The molecule has 0 saturated carbocycles. The predicted octanol–water partition coefficient (Wildman–Crippen LogP) is 2.05. The smallest absolute Gasteiger partial charge is 0.253 e. The van der Waals surface area contributed by atoms with E-state index < -0.39 is 29.2 Å². The number of hydrogen-bond donors (Lipinski definition) is 0. The van der Waals surface area contributed by atoms with Crippen LogP contribution in [0.5, 0.6) is 0 Å². The molecule has 18 heavy (non-hydrogen) atoms. The van der Waals surface area contributed by atoms with E-state index in [1.807, 2.05) is 0 Å². The molecule has 2 rings (SSSR count). The molecule has 0 amide bonds. The first-order chi connectivity index (χ1) is 8.54. The third-order valence-electron chi connectivity index (χ3n) is 3.02. The molecule has 98 valence electrons. The van der Waals surface area contributed by atoms with Gasteiger partial charge in [-0.05, 0) is 12.8 Å². The third-order valence-corrected chi connectivity index (χ3v) is 3.02. The summed E-state index contributed by atoms with van der Waals surface area (Å²) in [4.78, 5) is 14.2. The minimum Gasteiger partial charge on any atom is -0.366 e. The summed E-state index contributed by atoms with van der Waals surface area (Å²) in [5, 5.41) is 0. The van der Waals surface area contributed by atoms with Crippen molar-refractivity contribution >= 4 is 12.0 Å². The summed E-state index contributed by atoms with van der Waals surface area (Å²) in [7, 11) is 0. The summed E-state index contributed by atoms with van der Waals surface area (Å²) in [6.07, 6.45) is 1.57. The SMILES string of the molecule is O=CC1CCN(c2c(F)c(F)nc(F)c2F)CC1. The first-order valence-corrected chi connectivity index (χ1v) is 5.44. The molecule has 1 aliphatic heterocycles. The van der Waals surface area contributed by atoms with Crippen molar-refractivity contribution in [1.29, 1.82) is 0 Å². The molecule has 0 aliphatic carbocycles. The molecule has 1 aromatic rings. The third kappa shape index (κ3) is 2.16. The molecule has 0 unspecified atom stereocenters. The van der Waals surface area contributed by atoms with Crippen molar-refractivity contribution in [2.75, 3.05) is 18.0 Å². The van der Waals surface area contributed by atoms with Gasteiger partial charge in [0.2, 0.25) is 11.6 Å². The second-order valence-electron chi connectivity index (χ2n) is 4.13. The number of anilines is 1. The van der Waals surface area contributed by atoms with Gasteiger partial charge in [0, 0.05) is 19.0 Å². The molecule has 0 N–H and O–H groups in total. The molecule has 0 aromatic carbocycles. The van der Waals surface area contributed by atoms with Gasteiger partial charge in [-0.25, -0.2) is 0 Å². The molecule has 1 saturated heterocycles. The van der Waals surface area contributed by atoms with Crippen LogP contribution in [0.3, 0.4) is 0 Å². The molecule has 7 heteroatoms. The summed E-state index contributed by atoms with van der Waals surface area (Å²) in [6, 6.07) is 0. The minimum atomic E-state index is -1.67. The van der Waals surface area contributed by atoms with E-state index in [0.29, 0.717) is 12.8 Å².